The van der Waals surface area contributed by atoms with Crippen LogP contribution in [0.2, 0.25) is 0 Å². The Morgan fingerprint density at radius 2 is 1.93 bits per heavy atom. The van der Waals surface area contributed by atoms with Crippen molar-refractivity contribution in [2.75, 3.05) is 5.75 Å². The molecule has 0 bridgehead atoms. The maximum atomic E-state index is 12.7. The molecule has 0 spiro atoms. The summed E-state index contributed by atoms with van der Waals surface area (Å²) in [6.45, 7) is 0. The monoisotopic (exact) mass is 390 g/mol. The quantitative estimate of drug-likeness (QED) is 0.299. The van der Waals surface area contributed by atoms with Gasteiger partial charge in [-0.25, -0.2) is 0 Å². The topological polar surface area (TPSA) is 56.0 Å². The lowest BCUT2D eigenvalue weighted by Crippen LogP contribution is -2.02. The molecule has 0 amide bonds. The lowest BCUT2D eigenvalue weighted by atomic mass is 10.0. The summed E-state index contributed by atoms with van der Waals surface area (Å²) in [5, 5.41) is 10.4. The van der Waals surface area contributed by atoms with Gasteiger partial charge in [0.05, 0.1) is 10.6 Å². The van der Waals surface area contributed by atoms with Crippen LogP contribution in [0.1, 0.15) is 21.5 Å². The number of carbonyl (C=O) groups is 1. The number of Topliss-reactive ketones (excluding diaryl/α,β-unsaturated/α-hetero) is 1. The molecule has 0 radical (unpaired) electrons. The molecular weight excluding hydrogens is 376 g/mol. The van der Waals surface area contributed by atoms with Gasteiger partial charge in [0, 0.05) is 5.56 Å². The Morgan fingerprint density at radius 3 is 2.81 bits per heavy atom. The second kappa shape index (κ2) is 6.79. The second-order valence-corrected chi connectivity index (χ2v) is 8.14. The highest BCUT2D eigenvalue weighted by molar-refractivity contribution is 7.99. The summed E-state index contributed by atoms with van der Waals surface area (Å²) in [5.41, 5.74) is 5.71. The van der Waals surface area contributed by atoms with Gasteiger partial charge >= 0.3 is 0 Å². The summed E-state index contributed by atoms with van der Waals surface area (Å²) in [7, 11) is 0. The van der Waals surface area contributed by atoms with E-state index in [1.165, 1.54) is 34.0 Å². The van der Waals surface area contributed by atoms with Gasteiger partial charge < -0.3 is 4.42 Å². The van der Waals surface area contributed by atoms with Crippen molar-refractivity contribution < 1.29 is 9.21 Å². The normalized spacial score (nSPS) is 12.0. The number of fused-ring (bicyclic) bond motifs is 3. The predicted octanol–water partition coefficient (Wildman–Crippen LogP) is 5.34. The SMILES string of the molecule is O=C(CSc1nnc(-c2cccs2)o1)c1ccc2c(c1)-c1ccccc1C2. The van der Waals surface area contributed by atoms with E-state index in [1.54, 1.807) is 11.3 Å². The zero-order chi connectivity index (χ0) is 18.2. The molecule has 0 saturated heterocycles. The standard InChI is InChI=1S/C21H14N2O2S2/c24-18(12-27-21-23-22-20(25-21)19-6-3-9-26-19)15-8-7-14-10-13-4-1-2-5-16(13)17(14)11-15/h1-9,11H,10,12H2. The molecule has 4 aromatic rings. The summed E-state index contributed by atoms with van der Waals surface area (Å²) < 4.78 is 5.63. The third kappa shape index (κ3) is 3.11. The van der Waals surface area contributed by atoms with Crippen LogP contribution in [-0.2, 0) is 6.42 Å². The third-order valence-electron chi connectivity index (χ3n) is 4.59. The number of rotatable bonds is 5. The molecule has 2 aromatic heterocycles. The average Bonchev–Trinajstić information content (AvgIpc) is 3.44. The van der Waals surface area contributed by atoms with Gasteiger partial charge in [0.2, 0.25) is 0 Å². The van der Waals surface area contributed by atoms with E-state index in [9.17, 15) is 4.79 Å². The first-order valence-electron chi connectivity index (χ1n) is 8.52. The van der Waals surface area contributed by atoms with Crippen LogP contribution >= 0.6 is 23.1 Å². The van der Waals surface area contributed by atoms with Crippen LogP contribution in [0.15, 0.2) is 69.6 Å². The Kier molecular flexibility index (Phi) is 4.14. The van der Waals surface area contributed by atoms with Crippen molar-refractivity contribution in [3.8, 4) is 21.9 Å². The summed E-state index contributed by atoms with van der Waals surface area (Å²) in [6, 6.07) is 18.2. The molecule has 0 aliphatic heterocycles. The Hall–Kier alpha value is -2.70. The van der Waals surface area contributed by atoms with Gasteiger partial charge in [-0.1, -0.05) is 54.2 Å². The Morgan fingerprint density at radius 1 is 1.04 bits per heavy atom. The van der Waals surface area contributed by atoms with Crippen LogP contribution in [0.5, 0.6) is 0 Å². The fourth-order valence-corrected chi connectivity index (χ4v) is 4.58. The minimum Gasteiger partial charge on any atom is -0.410 e. The molecule has 5 rings (SSSR count). The first-order valence-corrected chi connectivity index (χ1v) is 10.4. The van der Waals surface area contributed by atoms with Crippen molar-refractivity contribution >= 4 is 28.9 Å². The number of nitrogens with zero attached hydrogens (tertiary/aromatic N) is 2. The van der Waals surface area contributed by atoms with E-state index in [4.69, 9.17) is 4.42 Å². The second-order valence-electron chi connectivity index (χ2n) is 6.27. The molecular formula is C21H14N2O2S2. The zero-order valence-electron chi connectivity index (χ0n) is 14.2. The van der Waals surface area contributed by atoms with Crippen molar-refractivity contribution in [1.82, 2.24) is 10.2 Å². The number of hydrogen-bond donors (Lipinski definition) is 0. The highest BCUT2D eigenvalue weighted by Crippen LogP contribution is 2.37. The minimum absolute atomic E-state index is 0.0584. The summed E-state index contributed by atoms with van der Waals surface area (Å²) in [4.78, 5) is 13.6. The van der Waals surface area contributed by atoms with Crippen LogP contribution in [0.4, 0.5) is 0 Å². The van der Waals surface area contributed by atoms with Gasteiger partial charge in [-0.15, -0.1) is 21.5 Å². The Balaban J connectivity index is 1.31. The molecule has 132 valence electrons. The van der Waals surface area contributed by atoms with Gasteiger partial charge in [-0.2, -0.15) is 0 Å². The molecule has 0 atom stereocenters. The average molecular weight is 390 g/mol. The maximum Gasteiger partial charge on any atom is 0.277 e. The van der Waals surface area contributed by atoms with E-state index >= 15 is 0 Å². The van der Waals surface area contributed by atoms with Crippen molar-refractivity contribution in [3.63, 3.8) is 0 Å². The van der Waals surface area contributed by atoms with Crippen molar-refractivity contribution in [2.24, 2.45) is 0 Å². The van der Waals surface area contributed by atoms with Crippen LogP contribution in [-0.4, -0.2) is 21.7 Å². The molecule has 6 heteroatoms. The molecule has 0 fully saturated rings. The van der Waals surface area contributed by atoms with E-state index in [-0.39, 0.29) is 11.5 Å². The van der Waals surface area contributed by atoms with Crippen LogP contribution < -0.4 is 0 Å². The number of thiophene rings is 1. The van der Waals surface area contributed by atoms with E-state index in [2.05, 4.69) is 34.5 Å². The van der Waals surface area contributed by atoms with E-state index in [1.807, 2.05) is 35.7 Å². The minimum atomic E-state index is 0.0584. The fraction of sp³-hybridized carbons (Fsp3) is 0.0952. The van der Waals surface area contributed by atoms with E-state index in [0.717, 1.165) is 16.9 Å². The van der Waals surface area contributed by atoms with Crippen molar-refractivity contribution in [3.05, 3.63) is 76.7 Å². The Bertz CT molecular complexity index is 1130. The van der Waals surface area contributed by atoms with Crippen molar-refractivity contribution in [2.45, 2.75) is 11.6 Å². The largest absolute Gasteiger partial charge is 0.410 e. The molecule has 0 N–H and O–H groups in total. The third-order valence-corrected chi connectivity index (χ3v) is 6.26. The molecule has 0 unspecified atom stereocenters. The van der Waals surface area contributed by atoms with Gasteiger partial charge in [0.15, 0.2) is 5.78 Å². The number of carbonyl (C=O) groups excluding carboxylic acids is 1. The molecule has 4 nitrogen and oxygen atoms in total. The molecule has 2 heterocycles. The first kappa shape index (κ1) is 16.5. The van der Waals surface area contributed by atoms with Crippen molar-refractivity contribution in [1.29, 1.82) is 0 Å². The van der Waals surface area contributed by atoms with Gasteiger partial charge in [0.1, 0.15) is 0 Å². The van der Waals surface area contributed by atoms with E-state index < -0.39 is 0 Å². The molecule has 2 aromatic carbocycles. The first-order chi connectivity index (χ1) is 13.3. The van der Waals surface area contributed by atoms with Crippen LogP contribution in [0.25, 0.3) is 21.9 Å². The maximum absolute atomic E-state index is 12.7. The number of thioether (sulfide) groups is 1. The summed E-state index contributed by atoms with van der Waals surface area (Å²) >= 11 is 2.82. The number of aromatic nitrogens is 2. The highest BCUT2D eigenvalue weighted by atomic mass is 32.2. The summed E-state index contributed by atoms with van der Waals surface area (Å²) in [6.07, 6.45) is 0.933. The molecule has 1 aliphatic carbocycles. The molecule has 27 heavy (non-hydrogen) atoms. The predicted molar refractivity (Wildman–Crippen MR) is 107 cm³/mol. The molecule has 0 saturated carbocycles. The number of ketones is 1. The van der Waals surface area contributed by atoms with E-state index in [0.29, 0.717) is 11.1 Å². The smallest absolute Gasteiger partial charge is 0.277 e. The zero-order valence-corrected chi connectivity index (χ0v) is 15.8. The van der Waals surface area contributed by atoms with Crippen LogP contribution in [0, 0.1) is 0 Å². The Labute approximate surface area is 164 Å². The van der Waals surface area contributed by atoms with Gasteiger partial charge in [-0.3, -0.25) is 4.79 Å². The number of hydrogen-bond acceptors (Lipinski definition) is 6. The highest BCUT2D eigenvalue weighted by Gasteiger charge is 2.20. The van der Waals surface area contributed by atoms with Gasteiger partial charge in [-0.05, 0) is 46.2 Å². The lowest BCUT2D eigenvalue weighted by Gasteiger charge is -2.04. The number of benzene rings is 2. The van der Waals surface area contributed by atoms with Crippen LogP contribution in [0.3, 0.4) is 0 Å². The fourth-order valence-electron chi connectivity index (χ4n) is 3.28. The molecule has 1 aliphatic rings. The summed E-state index contributed by atoms with van der Waals surface area (Å²) in [5.74, 6) is 0.823. The van der Waals surface area contributed by atoms with Gasteiger partial charge in [0.25, 0.3) is 11.1 Å². The lowest BCUT2D eigenvalue weighted by molar-refractivity contribution is 0.102.